The second kappa shape index (κ2) is 11.3. The van der Waals surface area contributed by atoms with Gasteiger partial charge in [-0.1, -0.05) is 80.4 Å². The Morgan fingerprint density at radius 2 is 1.37 bits per heavy atom. The molecule has 8 nitrogen and oxygen atoms in total. The first-order chi connectivity index (χ1) is 17.2. The summed E-state index contributed by atoms with van der Waals surface area (Å²) in [5, 5.41) is 25.2. The van der Waals surface area contributed by atoms with E-state index in [2.05, 4.69) is 49.9 Å². The molecule has 2 aliphatic heterocycles. The van der Waals surface area contributed by atoms with Gasteiger partial charge in [-0.15, -0.1) is 10.2 Å². The van der Waals surface area contributed by atoms with Gasteiger partial charge in [-0.2, -0.15) is 10.2 Å². The van der Waals surface area contributed by atoms with Crippen LogP contribution in [0.25, 0.3) is 0 Å². The summed E-state index contributed by atoms with van der Waals surface area (Å²) in [7, 11) is 0. The second-order valence-corrected chi connectivity index (χ2v) is 8.97. The molecule has 0 aromatic heterocycles. The minimum absolute atomic E-state index is 0.194. The van der Waals surface area contributed by atoms with Gasteiger partial charge in [0.25, 0.3) is 0 Å². The Kier molecular flexibility index (Phi) is 7.90. The molecule has 0 amide bonds. The number of hydrogen-bond donors (Lipinski definition) is 0. The van der Waals surface area contributed by atoms with E-state index in [4.69, 9.17) is 4.74 Å². The fraction of sp³-hybridized carbons (Fsp3) is 0.444. The van der Waals surface area contributed by atoms with Gasteiger partial charge in [0.15, 0.2) is 5.54 Å². The summed E-state index contributed by atoms with van der Waals surface area (Å²) in [6.07, 6.45) is 7.74. The van der Waals surface area contributed by atoms with E-state index in [0.717, 1.165) is 36.8 Å². The zero-order valence-corrected chi connectivity index (χ0v) is 20.3. The van der Waals surface area contributed by atoms with E-state index < -0.39 is 17.0 Å². The summed E-state index contributed by atoms with van der Waals surface area (Å²) in [5.74, 6) is -0.622. The van der Waals surface area contributed by atoms with Crippen molar-refractivity contribution in [1.29, 1.82) is 0 Å². The average molecular weight is 473 g/mol. The number of hydrogen-bond acceptors (Lipinski definition) is 8. The van der Waals surface area contributed by atoms with Crippen LogP contribution in [0.1, 0.15) is 57.1 Å². The fourth-order valence-corrected chi connectivity index (χ4v) is 5.20. The molecule has 0 N–H and O–H groups in total. The van der Waals surface area contributed by atoms with Gasteiger partial charge < -0.3 is 4.74 Å². The van der Waals surface area contributed by atoms with Crippen molar-refractivity contribution in [2.24, 2.45) is 42.7 Å². The average Bonchev–Trinajstić information content (AvgIpc) is 3.59. The van der Waals surface area contributed by atoms with Gasteiger partial charge >= 0.3 is 5.97 Å². The SMILES string of the molecule is CCCC(CCCC(C(=O)OCC)C1(c2ccccc2)C=NN=N1)C1(c2ccccc2)C=NN=N1. The lowest BCUT2D eigenvalue weighted by Gasteiger charge is -2.33. The summed E-state index contributed by atoms with van der Waals surface area (Å²) in [6.45, 7) is 4.30. The molecule has 4 unspecified atom stereocenters. The van der Waals surface area contributed by atoms with Crippen LogP contribution in [0.2, 0.25) is 0 Å². The van der Waals surface area contributed by atoms with Crippen LogP contribution in [-0.4, -0.2) is 25.0 Å². The third-order valence-electron chi connectivity index (χ3n) is 6.91. The molecule has 0 saturated heterocycles. The summed E-state index contributed by atoms with van der Waals surface area (Å²) < 4.78 is 5.50. The van der Waals surface area contributed by atoms with Gasteiger partial charge in [0, 0.05) is 0 Å². The van der Waals surface area contributed by atoms with E-state index in [0.29, 0.717) is 13.0 Å². The fourth-order valence-electron chi connectivity index (χ4n) is 5.20. The Morgan fingerprint density at radius 1 is 0.800 bits per heavy atom. The van der Waals surface area contributed by atoms with Crippen LogP contribution >= 0.6 is 0 Å². The lowest BCUT2D eigenvalue weighted by atomic mass is 9.72. The smallest absolute Gasteiger partial charge is 0.312 e. The van der Waals surface area contributed by atoms with Crippen LogP contribution in [0.4, 0.5) is 0 Å². The zero-order valence-electron chi connectivity index (χ0n) is 20.3. The lowest BCUT2D eigenvalue weighted by molar-refractivity contribution is -0.150. The maximum Gasteiger partial charge on any atom is 0.312 e. The molecule has 0 spiro atoms. The predicted molar refractivity (Wildman–Crippen MR) is 135 cm³/mol. The summed E-state index contributed by atoms with van der Waals surface area (Å²) in [4.78, 5) is 13.2. The van der Waals surface area contributed by atoms with Crippen molar-refractivity contribution < 1.29 is 9.53 Å². The van der Waals surface area contributed by atoms with Gasteiger partial charge in [-0.25, -0.2) is 0 Å². The molecule has 0 aliphatic carbocycles. The molecule has 0 saturated carbocycles. The molecular weight excluding hydrogens is 440 g/mol. The molecule has 0 fully saturated rings. The maximum absolute atomic E-state index is 13.2. The molecule has 8 heteroatoms. The van der Waals surface area contributed by atoms with Gasteiger partial charge in [0.05, 0.1) is 25.0 Å². The monoisotopic (exact) mass is 472 g/mol. The number of carbonyl (C=O) groups is 1. The van der Waals surface area contributed by atoms with Crippen LogP contribution in [0.15, 0.2) is 91.5 Å². The van der Waals surface area contributed by atoms with Crippen molar-refractivity contribution in [2.45, 2.75) is 57.0 Å². The first-order valence-corrected chi connectivity index (χ1v) is 12.4. The summed E-state index contributed by atoms with van der Waals surface area (Å²) in [6, 6.07) is 19.9. The molecule has 2 aromatic carbocycles. The molecule has 2 aliphatic rings. The zero-order chi connectivity index (χ0) is 24.6. The molecule has 4 atom stereocenters. The van der Waals surface area contributed by atoms with E-state index in [9.17, 15) is 4.79 Å². The van der Waals surface area contributed by atoms with Gasteiger partial charge in [0.1, 0.15) is 5.54 Å². The lowest BCUT2D eigenvalue weighted by Crippen LogP contribution is -2.40. The van der Waals surface area contributed by atoms with Crippen LogP contribution in [0.3, 0.4) is 0 Å². The molecular formula is C27H32N6O2. The topological polar surface area (TPSA) is 100 Å². The van der Waals surface area contributed by atoms with Crippen molar-refractivity contribution in [3.8, 4) is 0 Å². The molecule has 0 radical (unpaired) electrons. The molecule has 2 aromatic rings. The molecule has 2 heterocycles. The van der Waals surface area contributed by atoms with E-state index in [1.54, 1.807) is 6.21 Å². The summed E-state index contributed by atoms with van der Waals surface area (Å²) in [5.41, 5.74) is 0.426. The Morgan fingerprint density at radius 3 is 1.89 bits per heavy atom. The first-order valence-electron chi connectivity index (χ1n) is 12.4. The highest BCUT2D eigenvalue weighted by Gasteiger charge is 2.47. The Balaban J connectivity index is 1.59. The number of ether oxygens (including phenoxy) is 1. The van der Waals surface area contributed by atoms with Gasteiger partial charge in [-0.3, -0.25) is 4.79 Å². The number of rotatable bonds is 12. The number of benzene rings is 2. The highest BCUT2D eigenvalue weighted by molar-refractivity contribution is 5.85. The molecule has 182 valence electrons. The molecule has 35 heavy (non-hydrogen) atoms. The van der Waals surface area contributed by atoms with E-state index in [-0.39, 0.29) is 11.9 Å². The Bertz CT molecular complexity index is 1070. The normalized spacial score (nSPS) is 24.1. The largest absolute Gasteiger partial charge is 0.466 e. The number of carbonyl (C=O) groups excluding carboxylic acids is 1. The highest BCUT2D eigenvalue weighted by Crippen LogP contribution is 2.43. The standard InChI is InChI=1S/C27H32N6O2/c1-3-12-21(26(19-28-32-30-26)22-13-7-5-8-14-22)17-11-18-24(25(34)35-4-2)27(20-29-33-31-27)23-15-9-6-10-16-23/h5-10,13-16,19-21,24H,3-4,11-12,17-18H2,1-2H3. The van der Waals surface area contributed by atoms with E-state index in [1.807, 2.05) is 61.7 Å². The van der Waals surface area contributed by atoms with Crippen LogP contribution in [0.5, 0.6) is 0 Å². The number of nitrogens with zero attached hydrogens (tertiary/aromatic N) is 6. The first kappa shape index (κ1) is 24.6. The van der Waals surface area contributed by atoms with Crippen LogP contribution in [-0.2, 0) is 20.6 Å². The van der Waals surface area contributed by atoms with E-state index >= 15 is 0 Å². The third-order valence-corrected chi connectivity index (χ3v) is 6.91. The highest BCUT2D eigenvalue weighted by atomic mass is 16.5. The van der Waals surface area contributed by atoms with Crippen molar-refractivity contribution in [3.63, 3.8) is 0 Å². The van der Waals surface area contributed by atoms with Crippen molar-refractivity contribution >= 4 is 18.4 Å². The van der Waals surface area contributed by atoms with Crippen LogP contribution in [0, 0.1) is 11.8 Å². The van der Waals surface area contributed by atoms with Crippen molar-refractivity contribution in [1.82, 2.24) is 0 Å². The summed E-state index contributed by atoms with van der Waals surface area (Å²) >= 11 is 0. The molecule has 4 rings (SSSR count). The third kappa shape index (κ3) is 4.97. The Labute approximate surface area is 206 Å². The maximum atomic E-state index is 13.2. The molecule has 0 bridgehead atoms. The minimum Gasteiger partial charge on any atom is -0.466 e. The van der Waals surface area contributed by atoms with E-state index in [1.165, 1.54) is 0 Å². The van der Waals surface area contributed by atoms with Crippen LogP contribution < -0.4 is 0 Å². The van der Waals surface area contributed by atoms with Gasteiger partial charge in [0.2, 0.25) is 0 Å². The Hall–Kier alpha value is -3.55. The second-order valence-electron chi connectivity index (χ2n) is 8.97. The predicted octanol–water partition coefficient (Wildman–Crippen LogP) is 6.45. The minimum atomic E-state index is -0.959. The van der Waals surface area contributed by atoms with Gasteiger partial charge in [-0.05, 0) is 53.7 Å². The quantitative estimate of drug-likeness (QED) is 0.332. The van der Waals surface area contributed by atoms with Crippen molar-refractivity contribution in [3.05, 3.63) is 71.8 Å². The van der Waals surface area contributed by atoms with Crippen molar-refractivity contribution in [2.75, 3.05) is 6.61 Å². The number of esters is 1.